The summed E-state index contributed by atoms with van der Waals surface area (Å²) in [6.07, 6.45) is -0.761. The number of amides is 1. The van der Waals surface area contributed by atoms with Gasteiger partial charge in [0.1, 0.15) is 5.75 Å². The summed E-state index contributed by atoms with van der Waals surface area (Å²) < 4.78 is 6.22. The van der Waals surface area contributed by atoms with Gasteiger partial charge in [-0.05, 0) is 57.3 Å². The number of benzene rings is 1. The van der Waals surface area contributed by atoms with E-state index in [0.717, 1.165) is 3.57 Å². The fourth-order valence-corrected chi connectivity index (χ4v) is 3.14. The Morgan fingerprint density at radius 1 is 1.50 bits per heavy atom. The molecule has 0 fully saturated rings. The van der Waals surface area contributed by atoms with Gasteiger partial charge in [0.2, 0.25) is 0 Å². The molecule has 100 valence electrons. The third-order valence-corrected chi connectivity index (χ3v) is 3.58. The van der Waals surface area contributed by atoms with Crippen LogP contribution in [0.4, 0.5) is 0 Å². The molecule has 3 N–H and O–H groups in total. The number of phenolic OH excluding ortho intramolecular Hbond substituents is 1. The number of aliphatic hydroxyl groups excluding tert-OH is 1. The molecule has 5 nitrogen and oxygen atoms in total. The van der Waals surface area contributed by atoms with Crippen LogP contribution in [-0.2, 0) is 4.74 Å². The van der Waals surface area contributed by atoms with Crippen molar-refractivity contribution in [1.29, 1.82) is 0 Å². The van der Waals surface area contributed by atoms with Crippen molar-refractivity contribution in [2.75, 3.05) is 20.3 Å². The molecule has 0 radical (unpaired) electrons. The van der Waals surface area contributed by atoms with Gasteiger partial charge in [-0.25, -0.2) is 0 Å². The van der Waals surface area contributed by atoms with Gasteiger partial charge < -0.3 is 20.3 Å². The zero-order valence-corrected chi connectivity index (χ0v) is 13.9. The van der Waals surface area contributed by atoms with Crippen molar-refractivity contribution in [2.45, 2.75) is 6.10 Å². The first kappa shape index (κ1) is 15.9. The van der Waals surface area contributed by atoms with E-state index in [9.17, 15) is 15.0 Å². The van der Waals surface area contributed by atoms with Crippen LogP contribution < -0.4 is 5.32 Å². The number of methoxy groups -OCH3 is 1. The minimum Gasteiger partial charge on any atom is -0.506 e. The first-order chi connectivity index (χ1) is 8.45. The summed E-state index contributed by atoms with van der Waals surface area (Å²) in [5.74, 6) is -0.464. The smallest absolute Gasteiger partial charge is 0.255 e. The number of phenols is 1. The SMILES string of the molecule is COCC(O)CNC(=O)c1cc(I)cc(I)c1O. The minimum absolute atomic E-state index is 0.0465. The summed E-state index contributed by atoms with van der Waals surface area (Å²) in [7, 11) is 1.47. The van der Waals surface area contributed by atoms with Gasteiger partial charge in [0, 0.05) is 17.2 Å². The third kappa shape index (κ3) is 4.52. The Hall–Kier alpha value is -0.130. The number of aromatic hydroxyl groups is 1. The van der Waals surface area contributed by atoms with E-state index in [4.69, 9.17) is 4.74 Å². The van der Waals surface area contributed by atoms with E-state index in [1.807, 2.05) is 22.6 Å². The zero-order valence-electron chi connectivity index (χ0n) is 9.61. The Labute approximate surface area is 132 Å². The molecular weight excluding hydrogens is 464 g/mol. The van der Waals surface area contributed by atoms with Crippen molar-refractivity contribution in [3.05, 3.63) is 24.8 Å². The highest BCUT2D eigenvalue weighted by molar-refractivity contribution is 14.1. The number of carbonyl (C=O) groups is 1. The van der Waals surface area contributed by atoms with Gasteiger partial charge in [-0.1, -0.05) is 0 Å². The van der Waals surface area contributed by atoms with Gasteiger partial charge in [0.05, 0.1) is 21.8 Å². The van der Waals surface area contributed by atoms with Crippen LogP contribution in [0, 0.1) is 7.14 Å². The summed E-state index contributed by atoms with van der Waals surface area (Å²) in [5, 5.41) is 21.8. The van der Waals surface area contributed by atoms with Gasteiger partial charge in [-0.3, -0.25) is 4.79 Å². The van der Waals surface area contributed by atoms with Gasteiger partial charge in [-0.2, -0.15) is 0 Å². The molecule has 0 spiro atoms. The lowest BCUT2D eigenvalue weighted by Crippen LogP contribution is -2.34. The average molecular weight is 477 g/mol. The molecule has 0 aliphatic carbocycles. The van der Waals surface area contributed by atoms with Crippen LogP contribution in [0.5, 0.6) is 5.75 Å². The van der Waals surface area contributed by atoms with Gasteiger partial charge in [0.15, 0.2) is 0 Å². The number of rotatable bonds is 5. The number of aliphatic hydroxyl groups is 1. The molecule has 0 aliphatic heterocycles. The molecule has 18 heavy (non-hydrogen) atoms. The largest absolute Gasteiger partial charge is 0.506 e. The standard InChI is InChI=1S/C11H13I2NO4/c1-18-5-7(15)4-14-11(17)8-2-6(12)3-9(13)10(8)16/h2-3,7,15-16H,4-5H2,1H3,(H,14,17). The molecule has 1 unspecified atom stereocenters. The normalized spacial score (nSPS) is 12.2. The molecule has 0 saturated carbocycles. The van der Waals surface area contributed by atoms with E-state index >= 15 is 0 Å². The number of carbonyl (C=O) groups excluding carboxylic acids is 1. The van der Waals surface area contributed by atoms with Crippen LogP contribution in [0.3, 0.4) is 0 Å². The topological polar surface area (TPSA) is 78.8 Å². The van der Waals surface area contributed by atoms with Gasteiger partial charge >= 0.3 is 0 Å². The minimum atomic E-state index is -0.761. The summed E-state index contributed by atoms with van der Waals surface area (Å²) in [6, 6.07) is 3.36. The second-order valence-corrected chi connectivity index (χ2v) is 6.01. The molecule has 1 aromatic carbocycles. The maximum atomic E-state index is 11.8. The molecule has 0 saturated heterocycles. The molecule has 0 heterocycles. The second-order valence-electron chi connectivity index (χ2n) is 3.60. The number of hydrogen-bond donors (Lipinski definition) is 3. The quantitative estimate of drug-likeness (QED) is 0.560. The van der Waals surface area contributed by atoms with E-state index in [1.165, 1.54) is 7.11 Å². The van der Waals surface area contributed by atoms with Gasteiger partial charge in [0.25, 0.3) is 5.91 Å². The molecule has 0 bridgehead atoms. The Bertz CT molecular complexity index is 439. The average Bonchev–Trinajstić information content (AvgIpc) is 2.31. The van der Waals surface area contributed by atoms with Crippen LogP contribution in [-0.4, -0.2) is 42.5 Å². The molecular formula is C11H13I2NO4. The molecule has 7 heteroatoms. The molecule has 1 amide bonds. The number of hydrogen-bond acceptors (Lipinski definition) is 4. The molecule has 0 aromatic heterocycles. The summed E-state index contributed by atoms with van der Waals surface area (Å²) >= 11 is 4.03. The molecule has 1 rings (SSSR count). The van der Waals surface area contributed by atoms with E-state index < -0.39 is 12.0 Å². The monoisotopic (exact) mass is 477 g/mol. The van der Waals surface area contributed by atoms with Crippen molar-refractivity contribution >= 4 is 51.1 Å². The van der Waals surface area contributed by atoms with E-state index in [1.54, 1.807) is 12.1 Å². The Balaban J connectivity index is 2.73. The third-order valence-electron chi connectivity index (χ3n) is 2.13. The van der Waals surface area contributed by atoms with Crippen LogP contribution >= 0.6 is 45.2 Å². The molecule has 1 atom stereocenters. The van der Waals surface area contributed by atoms with Crippen LogP contribution in [0.2, 0.25) is 0 Å². The Kier molecular flexibility index (Phi) is 6.60. The highest BCUT2D eigenvalue weighted by atomic mass is 127. The zero-order chi connectivity index (χ0) is 13.7. The van der Waals surface area contributed by atoms with E-state index in [2.05, 4.69) is 27.9 Å². The first-order valence-corrected chi connectivity index (χ1v) is 7.24. The van der Waals surface area contributed by atoms with Gasteiger partial charge in [-0.15, -0.1) is 0 Å². The maximum Gasteiger partial charge on any atom is 0.255 e. The lowest BCUT2D eigenvalue weighted by Gasteiger charge is -2.12. The Morgan fingerprint density at radius 3 is 2.78 bits per heavy atom. The predicted molar refractivity (Wildman–Crippen MR) is 83.8 cm³/mol. The molecule has 1 aromatic rings. The number of nitrogens with one attached hydrogen (secondary N) is 1. The summed E-state index contributed by atoms with van der Waals surface area (Å²) in [6.45, 7) is 0.226. The fourth-order valence-electron chi connectivity index (χ4n) is 1.30. The van der Waals surface area contributed by atoms with Crippen molar-refractivity contribution < 1.29 is 19.7 Å². The fraction of sp³-hybridized carbons (Fsp3) is 0.364. The number of halogens is 2. The van der Waals surface area contributed by atoms with Crippen molar-refractivity contribution in [3.8, 4) is 5.75 Å². The summed E-state index contributed by atoms with van der Waals surface area (Å²) in [5.41, 5.74) is 0.205. The van der Waals surface area contributed by atoms with E-state index in [-0.39, 0.29) is 24.5 Å². The molecule has 0 aliphatic rings. The van der Waals surface area contributed by atoms with Crippen LogP contribution in [0.25, 0.3) is 0 Å². The Morgan fingerprint density at radius 2 is 2.17 bits per heavy atom. The highest BCUT2D eigenvalue weighted by Gasteiger charge is 2.15. The first-order valence-electron chi connectivity index (χ1n) is 5.09. The predicted octanol–water partition coefficient (Wildman–Crippen LogP) is 1.34. The summed E-state index contributed by atoms with van der Waals surface area (Å²) in [4.78, 5) is 11.8. The highest BCUT2D eigenvalue weighted by Crippen LogP contribution is 2.26. The van der Waals surface area contributed by atoms with Crippen molar-refractivity contribution in [3.63, 3.8) is 0 Å². The maximum absolute atomic E-state index is 11.8. The van der Waals surface area contributed by atoms with Crippen LogP contribution in [0.1, 0.15) is 10.4 Å². The van der Waals surface area contributed by atoms with Crippen molar-refractivity contribution in [2.24, 2.45) is 0 Å². The lowest BCUT2D eigenvalue weighted by molar-refractivity contribution is 0.0609. The number of ether oxygens (including phenoxy) is 1. The van der Waals surface area contributed by atoms with Crippen molar-refractivity contribution in [1.82, 2.24) is 5.32 Å². The second kappa shape index (κ2) is 7.46. The lowest BCUT2D eigenvalue weighted by atomic mass is 10.2. The van der Waals surface area contributed by atoms with E-state index in [0.29, 0.717) is 3.57 Å². The van der Waals surface area contributed by atoms with Crippen LogP contribution in [0.15, 0.2) is 12.1 Å².